The van der Waals surface area contributed by atoms with Crippen LogP contribution in [0.5, 0.6) is 0 Å². The molecule has 0 heterocycles. The van der Waals surface area contributed by atoms with Gasteiger partial charge in [-0.2, -0.15) is 0 Å². The largest absolute Gasteiger partial charge is 0.463 e. The lowest BCUT2D eigenvalue weighted by atomic mass is 10.1. The van der Waals surface area contributed by atoms with Crippen LogP contribution < -0.4 is 5.32 Å². The van der Waals surface area contributed by atoms with Crippen LogP contribution in [0.25, 0.3) is 6.08 Å². The third-order valence-corrected chi connectivity index (χ3v) is 6.25. The van der Waals surface area contributed by atoms with E-state index in [0.717, 1.165) is 5.56 Å². The topological polar surface area (TPSA) is 89.5 Å². The van der Waals surface area contributed by atoms with Crippen molar-refractivity contribution in [2.45, 2.75) is 17.6 Å². The summed E-state index contributed by atoms with van der Waals surface area (Å²) in [5.74, 6) is -0.859. The van der Waals surface area contributed by atoms with E-state index in [-0.39, 0.29) is 16.6 Å². The fraction of sp³-hybridized carbons (Fsp3) is 0.120. The molecule has 0 aliphatic rings. The molecule has 3 aromatic rings. The van der Waals surface area contributed by atoms with Gasteiger partial charge in [-0.15, -0.1) is 0 Å². The Balaban J connectivity index is 1.61. The molecule has 0 atom stereocenters. The molecule has 0 bridgehead atoms. The molecule has 3 rings (SSSR count). The average molecular weight is 450 g/mol. The fourth-order valence-electron chi connectivity index (χ4n) is 2.92. The van der Waals surface area contributed by atoms with E-state index in [1.54, 1.807) is 91.9 Å². The van der Waals surface area contributed by atoms with Crippen LogP contribution in [0.4, 0.5) is 5.69 Å². The van der Waals surface area contributed by atoms with Crippen molar-refractivity contribution in [2.75, 3.05) is 11.9 Å². The lowest BCUT2D eigenvalue weighted by Gasteiger charge is -2.08. The molecule has 164 valence electrons. The zero-order valence-electron chi connectivity index (χ0n) is 17.5. The first-order valence-electron chi connectivity index (χ1n) is 10.0. The monoisotopic (exact) mass is 449 g/mol. The van der Waals surface area contributed by atoms with E-state index in [2.05, 4.69) is 5.32 Å². The smallest absolute Gasteiger partial charge is 0.330 e. The Hall–Kier alpha value is -3.71. The Morgan fingerprint density at radius 3 is 2.19 bits per heavy atom. The molecule has 0 fully saturated rings. The first-order valence-corrected chi connectivity index (χ1v) is 11.7. The minimum absolute atomic E-state index is 0.139. The summed E-state index contributed by atoms with van der Waals surface area (Å²) in [6.45, 7) is 2.06. The van der Waals surface area contributed by atoms with Gasteiger partial charge in [0.15, 0.2) is 9.84 Å². The molecular formula is C25H23NO5S. The normalized spacial score (nSPS) is 11.3. The van der Waals surface area contributed by atoms with Crippen LogP contribution >= 0.6 is 0 Å². The molecule has 3 aromatic carbocycles. The molecule has 0 aromatic heterocycles. The Morgan fingerprint density at radius 2 is 1.56 bits per heavy atom. The molecule has 1 N–H and O–H groups in total. The van der Waals surface area contributed by atoms with Crippen molar-refractivity contribution in [3.63, 3.8) is 0 Å². The van der Waals surface area contributed by atoms with E-state index in [1.165, 1.54) is 6.08 Å². The average Bonchev–Trinajstić information content (AvgIpc) is 2.79. The SMILES string of the molecule is CCOC(=O)/C=C/c1ccc(NC(=O)c2ccc(CS(=O)(=O)c3ccccc3)cc2)cc1. The lowest BCUT2D eigenvalue weighted by molar-refractivity contribution is -0.137. The molecule has 7 heteroatoms. The number of ether oxygens (including phenoxy) is 1. The van der Waals surface area contributed by atoms with E-state index < -0.39 is 15.8 Å². The molecule has 32 heavy (non-hydrogen) atoms. The maximum atomic E-state index is 12.5. The number of hydrogen-bond acceptors (Lipinski definition) is 5. The number of hydrogen-bond donors (Lipinski definition) is 1. The summed E-state index contributed by atoms with van der Waals surface area (Å²) in [5, 5.41) is 2.79. The first kappa shape index (κ1) is 23.0. The van der Waals surface area contributed by atoms with Gasteiger partial charge in [0.1, 0.15) is 0 Å². The highest BCUT2D eigenvalue weighted by molar-refractivity contribution is 7.90. The van der Waals surface area contributed by atoms with E-state index in [0.29, 0.717) is 23.4 Å². The van der Waals surface area contributed by atoms with Crippen LogP contribution in [0.3, 0.4) is 0 Å². The molecule has 0 spiro atoms. The number of amides is 1. The van der Waals surface area contributed by atoms with Crippen LogP contribution in [-0.2, 0) is 25.1 Å². The zero-order chi connectivity index (χ0) is 23.0. The van der Waals surface area contributed by atoms with Gasteiger partial charge in [-0.25, -0.2) is 13.2 Å². The highest BCUT2D eigenvalue weighted by Crippen LogP contribution is 2.17. The second-order valence-corrected chi connectivity index (χ2v) is 8.92. The Labute approximate surface area is 187 Å². The van der Waals surface area contributed by atoms with Gasteiger partial charge in [0.25, 0.3) is 5.91 Å². The summed E-state index contributed by atoms with van der Waals surface area (Å²) in [6, 6.07) is 21.7. The fourth-order valence-corrected chi connectivity index (χ4v) is 4.29. The van der Waals surface area contributed by atoms with Crippen LogP contribution in [-0.4, -0.2) is 26.9 Å². The number of nitrogens with one attached hydrogen (secondary N) is 1. The van der Waals surface area contributed by atoms with E-state index in [1.807, 2.05) is 0 Å². The van der Waals surface area contributed by atoms with Gasteiger partial charge >= 0.3 is 5.97 Å². The van der Waals surface area contributed by atoms with Crippen LogP contribution in [0.2, 0.25) is 0 Å². The molecule has 0 aliphatic heterocycles. The number of carbonyl (C=O) groups is 2. The Kier molecular flexibility index (Phi) is 7.57. The zero-order valence-corrected chi connectivity index (χ0v) is 18.3. The highest BCUT2D eigenvalue weighted by Gasteiger charge is 2.15. The molecule has 0 saturated carbocycles. The van der Waals surface area contributed by atoms with Crippen molar-refractivity contribution < 1.29 is 22.7 Å². The predicted molar refractivity (Wildman–Crippen MR) is 124 cm³/mol. The summed E-state index contributed by atoms with van der Waals surface area (Å²) >= 11 is 0. The van der Waals surface area contributed by atoms with E-state index in [9.17, 15) is 18.0 Å². The molecule has 6 nitrogen and oxygen atoms in total. The summed E-state index contributed by atoms with van der Waals surface area (Å²) in [5.41, 5.74) is 2.40. The summed E-state index contributed by atoms with van der Waals surface area (Å²) < 4.78 is 29.8. The van der Waals surface area contributed by atoms with Crippen molar-refractivity contribution in [1.82, 2.24) is 0 Å². The Morgan fingerprint density at radius 1 is 0.906 bits per heavy atom. The number of carbonyl (C=O) groups excluding carboxylic acids is 2. The number of rotatable bonds is 8. The van der Waals surface area contributed by atoms with Crippen LogP contribution in [0, 0.1) is 0 Å². The van der Waals surface area contributed by atoms with Crippen LogP contribution in [0.15, 0.2) is 89.8 Å². The minimum atomic E-state index is -3.45. The summed E-state index contributed by atoms with van der Waals surface area (Å²) in [6.07, 6.45) is 2.97. The molecular weight excluding hydrogens is 426 g/mol. The summed E-state index contributed by atoms with van der Waals surface area (Å²) in [7, 11) is -3.45. The third-order valence-electron chi connectivity index (χ3n) is 4.54. The van der Waals surface area contributed by atoms with Crippen molar-refractivity contribution in [2.24, 2.45) is 0 Å². The quantitative estimate of drug-likeness (QED) is 0.404. The van der Waals surface area contributed by atoms with Crippen molar-refractivity contribution in [1.29, 1.82) is 0 Å². The number of sulfone groups is 1. The van der Waals surface area contributed by atoms with Crippen molar-refractivity contribution in [3.05, 3.63) is 102 Å². The lowest BCUT2D eigenvalue weighted by Crippen LogP contribution is -2.12. The molecule has 1 amide bonds. The van der Waals surface area contributed by atoms with Crippen LogP contribution in [0.1, 0.15) is 28.4 Å². The number of benzene rings is 3. The number of anilines is 1. The predicted octanol–water partition coefficient (Wildman–Crippen LogP) is 4.49. The molecule has 0 unspecified atom stereocenters. The van der Waals surface area contributed by atoms with Gasteiger partial charge in [0.05, 0.1) is 17.3 Å². The van der Waals surface area contributed by atoms with Gasteiger partial charge in [0, 0.05) is 17.3 Å². The van der Waals surface area contributed by atoms with Gasteiger partial charge in [-0.1, -0.05) is 42.5 Å². The van der Waals surface area contributed by atoms with Crippen molar-refractivity contribution >= 4 is 33.5 Å². The molecule has 0 aliphatic carbocycles. The number of esters is 1. The second-order valence-electron chi connectivity index (χ2n) is 6.93. The van der Waals surface area contributed by atoms with E-state index in [4.69, 9.17) is 4.74 Å². The molecule has 0 radical (unpaired) electrons. The standard InChI is InChI=1S/C25H23NO5S/c1-2-31-24(27)17-12-19-10-15-22(16-11-19)26-25(28)21-13-8-20(9-14-21)18-32(29,30)23-6-4-3-5-7-23/h3-17H,2,18H2,1H3,(H,26,28)/b17-12+. The molecule has 0 saturated heterocycles. The second kappa shape index (κ2) is 10.5. The van der Waals surface area contributed by atoms with Gasteiger partial charge < -0.3 is 10.1 Å². The third kappa shape index (κ3) is 6.39. The minimum Gasteiger partial charge on any atom is -0.463 e. The van der Waals surface area contributed by atoms with E-state index >= 15 is 0 Å². The highest BCUT2D eigenvalue weighted by atomic mass is 32.2. The first-order chi connectivity index (χ1) is 15.4. The summed E-state index contributed by atoms with van der Waals surface area (Å²) in [4.78, 5) is 24.1. The Bertz CT molecular complexity index is 1200. The van der Waals surface area contributed by atoms with Gasteiger partial charge in [-0.05, 0) is 60.5 Å². The maximum Gasteiger partial charge on any atom is 0.330 e. The van der Waals surface area contributed by atoms with Gasteiger partial charge in [0.2, 0.25) is 0 Å². The van der Waals surface area contributed by atoms with Gasteiger partial charge in [-0.3, -0.25) is 4.79 Å². The van der Waals surface area contributed by atoms with Crippen molar-refractivity contribution in [3.8, 4) is 0 Å². The maximum absolute atomic E-state index is 12.5.